The zero-order valence-electron chi connectivity index (χ0n) is 16.0. The third-order valence-corrected chi connectivity index (χ3v) is 7.42. The minimum absolute atomic E-state index is 0.137. The van der Waals surface area contributed by atoms with E-state index in [0.717, 1.165) is 12.1 Å². The molecule has 2 aromatic rings. The summed E-state index contributed by atoms with van der Waals surface area (Å²) in [6, 6.07) is 11.0. The summed E-state index contributed by atoms with van der Waals surface area (Å²) < 4.78 is 70.4. The van der Waals surface area contributed by atoms with E-state index in [9.17, 15) is 26.7 Å². The van der Waals surface area contributed by atoms with Gasteiger partial charge < -0.3 is 14.7 Å². The molecule has 0 radical (unpaired) electrons. The minimum Gasteiger partial charge on any atom is -0.380 e. The van der Waals surface area contributed by atoms with Crippen LogP contribution in [0.5, 0.6) is 0 Å². The first-order chi connectivity index (χ1) is 14.1. The summed E-state index contributed by atoms with van der Waals surface area (Å²) in [4.78, 5) is 2.00. The highest BCUT2D eigenvalue weighted by molar-refractivity contribution is 7.89. The van der Waals surface area contributed by atoms with E-state index in [1.165, 1.54) is 28.6 Å². The Morgan fingerprint density at radius 2 is 1.47 bits per heavy atom. The lowest BCUT2D eigenvalue weighted by Gasteiger charge is -2.37. The van der Waals surface area contributed by atoms with Gasteiger partial charge in [0.05, 0.1) is 23.7 Å². The Balaban J connectivity index is 1.41. The number of hydrogen-bond donors (Lipinski definition) is 1. The van der Waals surface area contributed by atoms with Crippen molar-refractivity contribution in [2.24, 2.45) is 0 Å². The maximum Gasteiger partial charge on any atom is 0.416 e. The molecule has 2 aromatic carbocycles. The molecule has 2 fully saturated rings. The van der Waals surface area contributed by atoms with Gasteiger partial charge in [-0.05, 0) is 42.0 Å². The smallest absolute Gasteiger partial charge is 0.380 e. The van der Waals surface area contributed by atoms with Crippen LogP contribution in [0.4, 0.5) is 18.9 Å². The standard InChI is InChI=1S/C20H21F3N2O4S/c21-20(22,23)16-1-5-17(6-2-16)24-9-11-25(12-10-24)30(27,28)18-7-3-15(4-8-18)19(26)13-29-14-19/h1-8,26H,9-14H2. The molecule has 0 bridgehead atoms. The zero-order valence-corrected chi connectivity index (χ0v) is 16.8. The van der Waals surface area contributed by atoms with Crippen LogP contribution in [-0.4, -0.2) is 57.2 Å². The van der Waals surface area contributed by atoms with Crippen molar-refractivity contribution in [3.05, 3.63) is 59.7 Å². The number of ether oxygens (including phenoxy) is 1. The van der Waals surface area contributed by atoms with Crippen molar-refractivity contribution in [1.29, 1.82) is 0 Å². The predicted molar refractivity (Wildman–Crippen MR) is 104 cm³/mol. The molecule has 0 aliphatic carbocycles. The van der Waals surface area contributed by atoms with E-state index in [1.54, 1.807) is 12.1 Å². The van der Waals surface area contributed by atoms with E-state index in [2.05, 4.69) is 0 Å². The van der Waals surface area contributed by atoms with Gasteiger partial charge in [-0.1, -0.05) is 12.1 Å². The number of piperazine rings is 1. The van der Waals surface area contributed by atoms with Crippen LogP contribution < -0.4 is 4.90 Å². The summed E-state index contributed by atoms with van der Waals surface area (Å²) in [5.74, 6) is 0. The number of alkyl halides is 3. The second kappa shape index (κ2) is 7.52. The maximum atomic E-state index is 12.9. The molecule has 10 heteroatoms. The quantitative estimate of drug-likeness (QED) is 0.788. The highest BCUT2D eigenvalue weighted by atomic mass is 32.2. The van der Waals surface area contributed by atoms with Crippen LogP contribution in [0.3, 0.4) is 0 Å². The highest BCUT2D eigenvalue weighted by Gasteiger charge is 2.38. The van der Waals surface area contributed by atoms with Crippen LogP contribution in [-0.2, 0) is 26.5 Å². The second-order valence-corrected chi connectivity index (χ2v) is 9.42. The Bertz CT molecular complexity index is 996. The summed E-state index contributed by atoms with van der Waals surface area (Å²) in [6.45, 7) is 1.57. The normalized spacial score (nSPS) is 20.1. The van der Waals surface area contributed by atoms with E-state index in [0.29, 0.717) is 24.3 Å². The van der Waals surface area contributed by atoms with E-state index >= 15 is 0 Å². The monoisotopic (exact) mass is 442 g/mol. The number of benzene rings is 2. The molecule has 0 spiro atoms. The van der Waals surface area contributed by atoms with Crippen LogP contribution in [0, 0.1) is 0 Å². The number of rotatable bonds is 4. The van der Waals surface area contributed by atoms with Crippen molar-refractivity contribution in [3.63, 3.8) is 0 Å². The Hall–Kier alpha value is -2.14. The molecule has 162 valence electrons. The SMILES string of the molecule is O=S(=O)(c1ccc(C2(O)COC2)cc1)N1CCN(c2ccc(C(F)(F)F)cc2)CC1. The van der Waals surface area contributed by atoms with E-state index in [4.69, 9.17) is 4.74 Å². The van der Waals surface area contributed by atoms with Gasteiger partial charge >= 0.3 is 6.18 Å². The largest absolute Gasteiger partial charge is 0.416 e. The summed E-state index contributed by atoms with van der Waals surface area (Å²) in [6.07, 6.45) is -4.39. The first-order valence-electron chi connectivity index (χ1n) is 9.43. The molecule has 0 atom stereocenters. The maximum absolute atomic E-state index is 12.9. The topological polar surface area (TPSA) is 70.1 Å². The zero-order chi connectivity index (χ0) is 21.6. The number of aliphatic hydroxyl groups is 1. The third-order valence-electron chi connectivity index (χ3n) is 5.51. The van der Waals surface area contributed by atoms with E-state index in [-0.39, 0.29) is 31.2 Å². The molecule has 2 aliphatic heterocycles. The third kappa shape index (κ3) is 3.92. The molecule has 2 heterocycles. The number of halogens is 3. The fraction of sp³-hybridized carbons (Fsp3) is 0.400. The number of anilines is 1. The van der Waals surface area contributed by atoms with E-state index in [1.807, 2.05) is 4.90 Å². The fourth-order valence-electron chi connectivity index (χ4n) is 3.60. The van der Waals surface area contributed by atoms with Crippen LogP contribution in [0.15, 0.2) is 53.4 Å². The number of hydrogen-bond acceptors (Lipinski definition) is 5. The average Bonchev–Trinajstić information content (AvgIpc) is 2.72. The molecule has 0 amide bonds. The first-order valence-corrected chi connectivity index (χ1v) is 10.9. The van der Waals surface area contributed by atoms with Gasteiger partial charge in [0, 0.05) is 31.9 Å². The molecule has 0 aromatic heterocycles. The average molecular weight is 442 g/mol. The number of nitrogens with zero attached hydrogens (tertiary/aromatic N) is 2. The molecule has 0 unspecified atom stereocenters. The molecular formula is C20H21F3N2O4S. The lowest BCUT2D eigenvalue weighted by atomic mass is 9.92. The summed E-state index contributed by atoms with van der Waals surface area (Å²) in [5.41, 5.74) is -0.538. The van der Waals surface area contributed by atoms with Gasteiger partial charge in [-0.3, -0.25) is 0 Å². The highest BCUT2D eigenvalue weighted by Crippen LogP contribution is 2.32. The van der Waals surface area contributed by atoms with Gasteiger partial charge in [0.15, 0.2) is 0 Å². The summed E-state index contributed by atoms with van der Waals surface area (Å²) in [5, 5.41) is 10.3. The molecular weight excluding hydrogens is 421 g/mol. The molecule has 0 saturated carbocycles. The van der Waals surface area contributed by atoms with Crippen molar-refractivity contribution in [2.45, 2.75) is 16.7 Å². The van der Waals surface area contributed by atoms with Crippen LogP contribution >= 0.6 is 0 Å². The van der Waals surface area contributed by atoms with Gasteiger partial charge in [-0.25, -0.2) is 8.42 Å². The first kappa shape index (κ1) is 21.1. The minimum atomic E-state index is -4.39. The van der Waals surface area contributed by atoms with Crippen molar-refractivity contribution < 1.29 is 31.4 Å². The van der Waals surface area contributed by atoms with Crippen LogP contribution in [0.1, 0.15) is 11.1 Å². The van der Waals surface area contributed by atoms with Gasteiger partial charge in [0.2, 0.25) is 10.0 Å². The molecule has 4 rings (SSSR count). The van der Waals surface area contributed by atoms with Crippen molar-refractivity contribution in [3.8, 4) is 0 Å². The second-order valence-electron chi connectivity index (χ2n) is 7.48. The lowest BCUT2D eigenvalue weighted by Crippen LogP contribution is -2.48. The van der Waals surface area contributed by atoms with Gasteiger partial charge in [0.1, 0.15) is 5.60 Å². The summed E-state index contributed by atoms with van der Waals surface area (Å²) >= 11 is 0. The lowest BCUT2D eigenvalue weighted by molar-refractivity contribution is -0.184. The number of sulfonamides is 1. The fourth-order valence-corrected chi connectivity index (χ4v) is 5.02. The Kier molecular flexibility index (Phi) is 5.29. The van der Waals surface area contributed by atoms with Crippen molar-refractivity contribution in [1.82, 2.24) is 4.31 Å². The molecule has 30 heavy (non-hydrogen) atoms. The van der Waals surface area contributed by atoms with Crippen molar-refractivity contribution in [2.75, 3.05) is 44.3 Å². The van der Waals surface area contributed by atoms with Crippen LogP contribution in [0.2, 0.25) is 0 Å². The summed E-state index contributed by atoms with van der Waals surface area (Å²) in [7, 11) is -3.70. The molecule has 2 saturated heterocycles. The van der Waals surface area contributed by atoms with Crippen molar-refractivity contribution >= 4 is 15.7 Å². The van der Waals surface area contributed by atoms with Gasteiger partial charge in [0.25, 0.3) is 0 Å². The Morgan fingerprint density at radius 3 is 1.93 bits per heavy atom. The molecule has 2 aliphatic rings. The Morgan fingerprint density at radius 1 is 0.900 bits per heavy atom. The van der Waals surface area contributed by atoms with Gasteiger partial charge in [-0.2, -0.15) is 17.5 Å². The predicted octanol–water partition coefficient (Wildman–Crippen LogP) is 2.43. The van der Waals surface area contributed by atoms with E-state index < -0.39 is 27.4 Å². The van der Waals surface area contributed by atoms with Gasteiger partial charge in [-0.15, -0.1) is 0 Å². The molecule has 6 nitrogen and oxygen atoms in total. The molecule has 1 N–H and O–H groups in total. The van der Waals surface area contributed by atoms with Crippen LogP contribution in [0.25, 0.3) is 0 Å². The Labute approximate surface area is 172 Å².